The molecule has 0 aromatic heterocycles. The number of carboxylic acid groups (broad SMARTS) is 1. The maximum Gasteiger partial charge on any atom is 0.341 e. The highest BCUT2D eigenvalue weighted by atomic mass is 127. The van der Waals surface area contributed by atoms with Crippen molar-refractivity contribution < 1.29 is 33.7 Å². The van der Waals surface area contributed by atoms with Crippen LogP contribution in [0.3, 0.4) is 0 Å². The summed E-state index contributed by atoms with van der Waals surface area (Å²) in [6, 6.07) is 16.1. The zero-order chi connectivity index (χ0) is 29.9. The molecule has 0 aliphatic carbocycles. The number of amides is 2. The number of ether oxygens (including phenoxy) is 3. The molecule has 0 bridgehead atoms. The molecule has 0 aliphatic heterocycles. The van der Waals surface area contributed by atoms with Crippen LogP contribution in [0.15, 0.2) is 65.8 Å². The van der Waals surface area contributed by atoms with Crippen LogP contribution in [0.2, 0.25) is 10.0 Å². The van der Waals surface area contributed by atoms with Gasteiger partial charge in [-0.05, 0) is 71.0 Å². The third-order valence-corrected chi connectivity index (χ3v) is 6.79. The fourth-order valence-electron chi connectivity index (χ4n) is 3.50. The van der Waals surface area contributed by atoms with E-state index in [1.54, 1.807) is 24.3 Å². The maximum absolute atomic E-state index is 13.1. The molecule has 41 heavy (non-hydrogen) atoms. The fraction of sp³-hybridized carbons (Fsp3) is 0.214. The van der Waals surface area contributed by atoms with Crippen LogP contribution in [0, 0.1) is 3.57 Å². The van der Waals surface area contributed by atoms with Crippen molar-refractivity contribution in [3.05, 3.63) is 85.4 Å². The Hall–Kier alpha value is -3.55. The van der Waals surface area contributed by atoms with Crippen molar-refractivity contribution in [3.8, 4) is 17.2 Å². The summed E-state index contributed by atoms with van der Waals surface area (Å²) in [5.74, 6) is -1.36. The first-order chi connectivity index (χ1) is 19.6. The van der Waals surface area contributed by atoms with Gasteiger partial charge in [0, 0.05) is 11.4 Å². The van der Waals surface area contributed by atoms with Crippen LogP contribution in [0.1, 0.15) is 18.1 Å². The number of carbonyl (C=O) groups excluding carboxylic acids is 2. The second-order valence-electron chi connectivity index (χ2n) is 8.54. The summed E-state index contributed by atoms with van der Waals surface area (Å²) < 4.78 is 16.9. The summed E-state index contributed by atoms with van der Waals surface area (Å²) in [7, 11) is 1.42. The van der Waals surface area contributed by atoms with E-state index in [0.29, 0.717) is 19.9 Å². The number of hydrogen-bond donors (Lipinski definition) is 3. The number of methoxy groups -OCH3 is 1. The molecule has 3 rings (SSSR count). The normalized spacial score (nSPS) is 12.3. The van der Waals surface area contributed by atoms with E-state index < -0.39 is 36.5 Å². The van der Waals surface area contributed by atoms with E-state index in [1.807, 2.05) is 52.9 Å². The molecule has 2 amide bonds. The quantitative estimate of drug-likeness (QED) is 0.133. The lowest BCUT2D eigenvalue weighted by Gasteiger charge is -2.21. The summed E-state index contributed by atoms with van der Waals surface area (Å²) in [5.41, 5.74) is 3.84. The van der Waals surface area contributed by atoms with Crippen LogP contribution >= 0.6 is 45.8 Å². The van der Waals surface area contributed by atoms with Crippen molar-refractivity contribution in [2.45, 2.75) is 25.5 Å². The van der Waals surface area contributed by atoms with Crippen molar-refractivity contribution in [2.24, 2.45) is 5.10 Å². The first-order valence-electron chi connectivity index (χ1n) is 12.1. The van der Waals surface area contributed by atoms with E-state index in [9.17, 15) is 14.4 Å². The highest BCUT2D eigenvalue weighted by Crippen LogP contribution is 2.33. The summed E-state index contributed by atoms with van der Waals surface area (Å²) in [4.78, 5) is 37.0. The molecule has 0 fully saturated rings. The van der Waals surface area contributed by atoms with Crippen LogP contribution in [0.4, 0.5) is 0 Å². The summed E-state index contributed by atoms with van der Waals surface area (Å²) in [6.45, 7) is 1.01. The minimum atomic E-state index is -1.12. The number of aliphatic carboxylic acids is 1. The number of nitrogens with one attached hydrogen (secondary N) is 2. The first kappa shape index (κ1) is 32.0. The molecule has 216 valence electrons. The lowest BCUT2D eigenvalue weighted by atomic mass is 10.1. The van der Waals surface area contributed by atoms with Crippen molar-refractivity contribution in [1.82, 2.24) is 10.7 Å². The molecule has 0 heterocycles. The van der Waals surface area contributed by atoms with Gasteiger partial charge in [0.2, 0.25) is 0 Å². The van der Waals surface area contributed by atoms with Gasteiger partial charge < -0.3 is 24.6 Å². The fourth-order valence-corrected chi connectivity index (χ4v) is 4.73. The lowest BCUT2D eigenvalue weighted by Crippen LogP contribution is -2.50. The molecule has 2 atom stereocenters. The van der Waals surface area contributed by atoms with E-state index in [4.69, 9.17) is 42.5 Å². The van der Waals surface area contributed by atoms with Gasteiger partial charge >= 0.3 is 5.97 Å². The number of benzene rings is 3. The van der Waals surface area contributed by atoms with E-state index in [1.165, 1.54) is 26.3 Å². The van der Waals surface area contributed by atoms with Crippen LogP contribution in [-0.4, -0.2) is 55.0 Å². The molecule has 13 heteroatoms. The Morgan fingerprint density at radius 1 is 1.05 bits per heavy atom. The summed E-state index contributed by atoms with van der Waals surface area (Å²) in [6.07, 6.45) is 0.614. The van der Waals surface area contributed by atoms with E-state index >= 15 is 0 Å². The molecule has 0 saturated carbocycles. The molecule has 0 saturated heterocycles. The standard InChI is InChI=1S/C28H26Cl2IN3O7/c1-16(41-23-9-8-19(29)13-20(23)30)27(37)33-22(11-17-6-4-3-5-7-17)28(38)34-32-14-18-10-21(31)26(24(12-18)39-2)40-15-25(35)36/h3-10,12-14,16,22H,11,15H2,1-2H3,(H,33,37)(H,34,38)(H,35,36)/b32-14-/t16-,22-/m0/s1. The molecule has 3 N–H and O–H groups in total. The second kappa shape index (κ2) is 15.5. The van der Waals surface area contributed by atoms with E-state index in [2.05, 4.69) is 15.8 Å². The number of rotatable bonds is 13. The van der Waals surface area contributed by atoms with Crippen molar-refractivity contribution >= 4 is 69.8 Å². The van der Waals surface area contributed by atoms with Crippen molar-refractivity contribution in [1.29, 1.82) is 0 Å². The number of carboxylic acids is 1. The maximum atomic E-state index is 13.1. The molecular formula is C28H26Cl2IN3O7. The van der Waals surface area contributed by atoms with Gasteiger partial charge in [-0.1, -0.05) is 53.5 Å². The van der Waals surface area contributed by atoms with Crippen LogP contribution < -0.4 is 25.0 Å². The van der Waals surface area contributed by atoms with Crippen LogP contribution in [0.25, 0.3) is 0 Å². The Morgan fingerprint density at radius 3 is 2.44 bits per heavy atom. The third-order valence-electron chi connectivity index (χ3n) is 5.46. The van der Waals surface area contributed by atoms with Gasteiger partial charge in [-0.15, -0.1) is 0 Å². The third kappa shape index (κ3) is 9.80. The molecular weight excluding hydrogens is 688 g/mol. The SMILES string of the molecule is COc1cc(/C=N\NC(=O)[C@H](Cc2ccccc2)NC(=O)[C@H](C)Oc2ccc(Cl)cc2Cl)cc(I)c1OCC(=O)O. The largest absolute Gasteiger partial charge is 0.493 e. The Balaban J connectivity index is 1.72. The zero-order valence-electron chi connectivity index (χ0n) is 21.9. The monoisotopic (exact) mass is 713 g/mol. The average molecular weight is 714 g/mol. The molecule has 10 nitrogen and oxygen atoms in total. The summed E-state index contributed by atoms with van der Waals surface area (Å²) in [5, 5.41) is 16.3. The Bertz CT molecular complexity index is 1420. The predicted octanol–water partition coefficient (Wildman–Crippen LogP) is 4.72. The Kier molecular flexibility index (Phi) is 12.0. The second-order valence-corrected chi connectivity index (χ2v) is 10.5. The van der Waals surface area contributed by atoms with Gasteiger partial charge in [0.1, 0.15) is 11.8 Å². The van der Waals surface area contributed by atoms with Gasteiger partial charge in [-0.3, -0.25) is 9.59 Å². The highest BCUT2D eigenvalue weighted by molar-refractivity contribution is 14.1. The number of carbonyl (C=O) groups is 3. The van der Waals surface area contributed by atoms with E-state index in [-0.39, 0.29) is 22.9 Å². The molecule has 0 aliphatic rings. The number of hydrogen-bond acceptors (Lipinski definition) is 7. The minimum absolute atomic E-state index is 0.198. The van der Waals surface area contributed by atoms with Crippen molar-refractivity contribution in [2.75, 3.05) is 13.7 Å². The summed E-state index contributed by atoms with van der Waals surface area (Å²) >= 11 is 14.1. The smallest absolute Gasteiger partial charge is 0.341 e. The van der Waals surface area contributed by atoms with Gasteiger partial charge in [-0.25, -0.2) is 10.2 Å². The molecule has 0 spiro atoms. The predicted molar refractivity (Wildman–Crippen MR) is 163 cm³/mol. The van der Waals surface area contributed by atoms with Gasteiger partial charge in [0.25, 0.3) is 11.8 Å². The Labute approximate surface area is 260 Å². The van der Waals surface area contributed by atoms with Crippen molar-refractivity contribution in [3.63, 3.8) is 0 Å². The molecule has 0 unspecified atom stereocenters. The number of halogens is 3. The minimum Gasteiger partial charge on any atom is -0.493 e. The number of nitrogens with zero attached hydrogens (tertiary/aromatic N) is 1. The molecule has 3 aromatic rings. The molecule has 0 radical (unpaired) electrons. The Morgan fingerprint density at radius 2 is 1.78 bits per heavy atom. The van der Waals surface area contributed by atoms with E-state index in [0.717, 1.165) is 5.56 Å². The van der Waals surface area contributed by atoms with Gasteiger partial charge in [0.05, 0.1) is 21.9 Å². The first-order valence-corrected chi connectivity index (χ1v) is 13.9. The average Bonchev–Trinajstić information content (AvgIpc) is 2.93. The molecule has 3 aromatic carbocycles. The zero-order valence-corrected chi connectivity index (χ0v) is 25.6. The van der Waals surface area contributed by atoms with Crippen LogP contribution in [-0.2, 0) is 20.8 Å². The van der Waals surface area contributed by atoms with Gasteiger partial charge in [-0.2, -0.15) is 5.10 Å². The topological polar surface area (TPSA) is 136 Å². The number of hydrazone groups is 1. The highest BCUT2D eigenvalue weighted by Gasteiger charge is 2.25. The lowest BCUT2D eigenvalue weighted by molar-refractivity contribution is -0.139. The van der Waals surface area contributed by atoms with Crippen LogP contribution in [0.5, 0.6) is 17.2 Å². The van der Waals surface area contributed by atoms with Gasteiger partial charge in [0.15, 0.2) is 24.2 Å².